The van der Waals surface area contributed by atoms with E-state index >= 15 is 0 Å². The molecule has 0 unspecified atom stereocenters. The van der Waals surface area contributed by atoms with Crippen LogP contribution in [0.5, 0.6) is 0 Å². The summed E-state index contributed by atoms with van der Waals surface area (Å²) in [6.45, 7) is 2.16. The van der Waals surface area contributed by atoms with Crippen LogP contribution >= 0.6 is 0 Å². The van der Waals surface area contributed by atoms with E-state index in [0.29, 0.717) is 6.61 Å². The Hall–Kier alpha value is -2.55. The van der Waals surface area contributed by atoms with E-state index < -0.39 is 0 Å². The van der Waals surface area contributed by atoms with Crippen molar-refractivity contribution in [1.29, 1.82) is 0 Å². The number of para-hydroxylation sites is 2. The second kappa shape index (κ2) is 7.14. The molecule has 0 spiro atoms. The molecule has 20 heavy (non-hydrogen) atoms. The molecule has 0 aliphatic rings. The minimum absolute atomic E-state index is 0.343. The number of nitrogens with zero attached hydrogens (tertiary/aromatic N) is 1. The third kappa shape index (κ3) is 3.72. The number of esters is 1. The lowest BCUT2D eigenvalue weighted by atomic mass is 10.2. The molecule has 2 rings (SSSR count). The lowest BCUT2D eigenvalue weighted by molar-refractivity contribution is -0.137. The van der Waals surface area contributed by atoms with Gasteiger partial charge < -0.3 is 9.64 Å². The van der Waals surface area contributed by atoms with Gasteiger partial charge in [-0.05, 0) is 31.2 Å². The summed E-state index contributed by atoms with van der Waals surface area (Å²) in [5, 5.41) is 0. The molecule has 0 saturated carbocycles. The molecule has 0 aliphatic carbocycles. The maximum absolute atomic E-state index is 11.5. The SMILES string of the molecule is CCOC(=O)/C=C/N(c1ccccc1)c1ccccc1. The highest BCUT2D eigenvalue weighted by atomic mass is 16.5. The zero-order valence-electron chi connectivity index (χ0n) is 11.4. The number of hydrogen-bond acceptors (Lipinski definition) is 3. The van der Waals surface area contributed by atoms with Gasteiger partial charge in [0.25, 0.3) is 0 Å². The minimum atomic E-state index is -0.343. The summed E-state index contributed by atoms with van der Waals surface area (Å²) in [7, 11) is 0. The van der Waals surface area contributed by atoms with Crippen LogP contribution in [0, 0.1) is 0 Å². The highest BCUT2D eigenvalue weighted by Crippen LogP contribution is 2.25. The van der Waals surface area contributed by atoms with E-state index in [9.17, 15) is 4.79 Å². The van der Waals surface area contributed by atoms with Gasteiger partial charge in [0.15, 0.2) is 0 Å². The number of rotatable bonds is 5. The Labute approximate surface area is 119 Å². The van der Waals surface area contributed by atoms with Gasteiger partial charge in [-0.1, -0.05) is 36.4 Å². The van der Waals surface area contributed by atoms with Crippen molar-refractivity contribution >= 4 is 17.3 Å². The topological polar surface area (TPSA) is 29.5 Å². The van der Waals surface area contributed by atoms with Crippen molar-refractivity contribution < 1.29 is 9.53 Å². The number of carbonyl (C=O) groups is 1. The molecule has 0 aromatic heterocycles. The normalized spacial score (nSPS) is 10.4. The first kappa shape index (κ1) is 13.9. The van der Waals surface area contributed by atoms with Gasteiger partial charge in [0.05, 0.1) is 6.61 Å². The molecule has 0 aliphatic heterocycles. The molecule has 3 nitrogen and oxygen atoms in total. The maximum atomic E-state index is 11.5. The molecule has 2 aromatic rings. The van der Waals surface area contributed by atoms with Crippen LogP contribution in [-0.4, -0.2) is 12.6 Å². The Morgan fingerprint density at radius 1 is 1.00 bits per heavy atom. The fourth-order valence-corrected chi connectivity index (χ4v) is 1.82. The molecule has 0 heterocycles. The second-order valence-electron chi connectivity index (χ2n) is 4.11. The Balaban J connectivity index is 2.28. The second-order valence-corrected chi connectivity index (χ2v) is 4.11. The summed E-state index contributed by atoms with van der Waals surface area (Å²) >= 11 is 0. The minimum Gasteiger partial charge on any atom is -0.463 e. The quantitative estimate of drug-likeness (QED) is 0.608. The highest BCUT2D eigenvalue weighted by Gasteiger charge is 2.06. The largest absolute Gasteiger partial charge is 0.463 e. The Bertz CT molecular complexity index is 525. The van der Waals surface area contributed by atoms with Gasteiger partial charge in [0.1, 0.15) is 0 Å². The molecule has 0 radical (unpaired) electrons. The smallest absolute Gasteiger partial charge is 0.332 e. The monoisotopic (exact) mass is 267 g/mol. The number of ether oxygens (including phenoxy) is 1. The summed E-state index contributed by atoms with van der Waals surface area (Å²) < 4.78 is 4.91. The van der Waals surface area contributed by atoms with Crippen molar-refractivity contribution in [3.05, 3.63) is 72.9 Å². The van der Waals surface area contributed by atoms with Crippen molar-refractivity contribution in [3.8, 4) is 0 Å². The Morgan fingerprint density at radius 3 is 1.95 bits per heavy atom. The predicted molar refractivity (Wildman–Crippen MR) is 80.8 cm³/mol. The predicted octanol–water partition coefficient (Wildman–Crippen LogP) is 3.90. The van der Waals surface area contributed by atoms with Gasteiger partial charge >= 0.3 is 5.97 Å². The number of hydrogen-bond donors (Lipinski definition) is 0. The van der Waals surface area contributed by atoms with Gasteiger partial charge in [-0.25, -0.2) is 4.79 Å². The average Bonchev–Trinajstić information content (AvgIpc) is 2.50. The van der Waals surface area contributed by atoms with Crippen LogP contribution in [0.25, 0.3) is 0 Å². The van der Waals surface area contributed by atoms with Crippen LogP contribution in [0.15, 0.2) is 72.9 Å². The van der Waals surface area contributed by atoms with E-state index in [1.807, 2.05) is 65.6 Å². The van der Waals surface area contributed by atoms with E-state index in [4.69, 9.17) is 4.74 Å². The van der Waals surface area contributed by atoms with Gasteiger partial charge in [0, 0.05) is 23.7 Å². The van der Waals surface area contributed by atoms with Crippen molar-refractivity contribution in [2.45, 2.75) is 6.92 Å². The van der Waals surface area contributed by atoms with Crippen LogP contribution in [0.4, 0.5) is 11.4 Å². The van der Waals surface area contributed by atoms with E-state index in [1.165, 1.54) is 6.08 Å². The van der Waals surface area contributed by atoms with Crippen LogP contribution in [0.3, 0.4) is 0 Å². The molecule has 2 aromatic carbocycles. The number of carbonyl (C=O) groups excluding carboxylic acids is 1. The zero-order valence-corrected chi connectivity index (χ0v) is 11.4. The van der Waals surface area contributed by atoms with E-state index in [2.05, 4.69) is 0 Å². The standard InChI is InChI=1S/C17H17NO2/c1-2-20-17(19)13-14-18(15-9-5-3-6-10-15)16-11-7-4-8-12-16/h3-14H,2H2,1H3/b14-13+. The first-order valence-corrected chi connectivity index (χ1v) is 6.55. The number of benzene rings is 2. The zero-order chi connectivity index (χ0) is 14.2. The van der Waals surface area contributed by atoms with Crippen molar-refractivity contribution in [2.75, 3.05) is 11.5 Å². The first-order chi connectivity index (χ1) is 9.81. The molecule has 3 heteroatoms. The van der Waals surface area contributed by atoms with Gasteiger partial charge in [-0.2, -0.15) is 0 Å². The van der Waals surface area contributed by atoms with Crippen molar-refractivity contribution in [3.63, 3.8) is 0 Å². The highest BCUT2D eigenvalue weighted by molar-refractivity contribution is 5.83. The average molecular weight is 267 g/mol. The fourth-order valence-electron chi connectivity index (χ4n) is 1.82. The van der Waals surface area contributed by atoms with Crippen LogP contribution in [0.1, 0.15) is 6.92 Å². The van der Waals surface area contributed by atoms with Gasteiger partial charge in [-0.15, -0.1) is 0 Å². The molecular weight excluding hydrogens is 250 g/mol. The van der Waals surface area contributed by atoms with E-state index in [1.54, 1.807) is 13.1 Å². The maximum Gasteiger partial charge on any atom is 0.332 e. The molecule has 0 amide bonds. The molecule has 0 saturated heterocycles. The third-order valence-electron chi connectivity index (χ3n) is 2.72. The molecule has 102 valence electrons. The molecule has 0 fully saturated rings. The van der Waals surface area contributed by atoms with E-state index in [0.717, 1.165) is 11.4 Å². The fraction of sp³-hybridized carbons (Fsp3) is 0.118. The molecule has 0 bridgehead atoms. The summed E-state index contributed by atoms with van der Waals surface area (Å²) in [4.78, 5) is 13.4. The van der Waals surface area contributed by atoms with Gasteiger partial charge in [0.2, 0.25) is 0 Å². The summed E-state index contributed by atoms with van der Waals surface area (Å²) in [5.41, 5.74) is 1.97. The molecule has 0 N–H and O–H groups in total. The van der Waals surface area contributed by atoms with Crippen molar-refractivity contribution in [2.24, 2.45) is 0 Å². The molecular formula is C17H17NO2. The summed E-state index contributed by atoms with van der Waals surface area (Å²) in [6, 6.07) is 19.7. The van der Waals surface area contributed by atoms with Crippen LogP contribution in [-0.2, 0) is 9.53 Å². The molecule has 0 atom stereocenters. The lowest BCUT2D eigenvalue weighted by Gasteiger charge is -2.20. The van der Waals surface area contributed by atoms with Crippen LogP contribution < -0.4 is 4.90 Å². The lowest BCUT2D eigenvalue weighted by Crippen LogP contribution is -2.10. The first-order valence-electron chi connectivity index (χ1n) is 6.55. The number of anilines is 2. The van der Waals surface area contributed by atoms with Gasteiger partial charge in [-0.3, -0.25) is 0 Å². The van der Waals surface area contributed by atoms with Crippen molar-refractivity contribution in [1.82, 2.24) is 0 Å². The Kier molecular flexibility index (Phi) is 4.95. The van der Waals surface area contributed by atoms with Crippen LogP contribution in [0.2, 0.25) is 0 Å². The van der Waals surface area contributed by atoms with E-state index in [-0.39, 0.29) is 5.97 Å². The summed E-state index contributed by atoms with van der Waals surface area (Å²) in [5.74, 6) is -0.343. The summed E-state index contributed by atoms with van der Waals surface area (Å²) in [6.07, 6.45) is 3.16. The third-order valence-corrected chi connectivity index (χ3v) is 2.72. The Morgan fingerprint density at radius 2 is 1.50 bits per heavy atom.